The molecule has 1 aromatic carbocycles. The molecule has 0 unspecified atom stereocenters. The number of benzene rings is 1. The standard InChI is InChI=1S/C14H22O2Si/c1-5-15-17(4,16-6-2)12-13(3)14-10-8-7-9-11-14/h7-12H,5-6H2,1-4H3. The normalized spacial score (nSPS) is 12.8. The van der Waals surface area contributed by atoms with Crippen LogP contribution in [0.15, 0.2) is 36.0 Å². The van der Waals surface area contributed by atoms with Crippen LogP contribution in [-0.4, -0.2) is 21.8 Å². The van der Waals surface area contributed by atoms with Gasteiger partial charge in [-0.05, 0) is 44.2 Å². The van der Waals surface area contributed by atoms with Crippen molar-refractivity contribution in [1.29, 1.82) is 0 Å². The van der Waals surface area contributed by atoms with Gasteiger partial charge in [0.15, 0.2) is 0 Å². The third kappa shape index (κ3) is 4.46. The van der Waals surface area contributed by atoms with E-state index in [1.165, 1.54) is 11.1 Å². The van der Waals surface area contributed by atoms with E-state index in [1.54, 1.807) is 0 Å². The van der Waals surface area contributed by atoms with E-state index in [1.807, 2.05) is 32.0 Å². The molecule has 0 amide bonds. The summed E-state index contributed by atoms with van der Waals surface area (Å²) in [7, 11) is -2.16. The van der Waals surface area contributed by atoms with Crippen LogP contribution in [0.5, 0.6) is 0 Å². The number of rotatable bonds is 6. The third-order valence-electron chi connectivity index (χ3n) is 2.57. The highest BCUT2D eigenvalue weighted by Gasteiger charge is 2.28. The predicted octanol–water partition coefficient (Wildman–Crippen LogP) is 3.77. The summed E-state index contributed by atoms with van der Waals surface area (Å²) in [5, 5.41) is 0. The minimum atomic E-state index is -2.16. The fraction of sp³-hybridized carbons (Fsp3) is 0.429. The first-order valence-electron chi connectivity index (χ1n) is 6.14. The Morgan fingerprint density at radius 2 is 1.65 bits per heavy atom. The Hall–Kier alpha value is -0.903. The van der Waals surface area contributed by atoms with E-state index in [2.05, 4.69) is 31.3 Å². The molecular formula is C14H22O2Si. The van der Waals surface area contributed by atoms with Crippen LogP contribution in [0.1, 0.15) is 26.3 Å². The summed E-state index contributed by atoms with van der Waals surface area (Å²) in [6.45, 7) is 9.61. The second-order valence-electron chi connectivity index (χ2n) is 4.08. The second kappa shape index (κ2) is 6.74. The molecule has 94 valence electrons. The van der Waals surface area contributed by atoms with Crippen molar-refractivity contribution >= 4 is 14.1 Å². The maximum absolute atomic E-state index is 5.80. The lowest BCUT2D eigenvalue weighted by Gasteiger charge is -2.23. The van der Waals surface area contributed by atoms with Gasteiger partial charge in [0.25, 0.3) is 0 Å². The molecule has 0 saturated carbocycles. The molecule has 0 aromatic heterocycles. The van der Waals surface area contributed by atoms with Gasteiger partial charge in [-0.2, -0.15) is 0 Å². The summed E-state index contributed by atoms with van der Waals surface area (Å²) in [5.41, 5.74) is 4.63. The molecule has 2 nitrogen and oxygen atoms in total. The van der Waals surface area contributed by atoms with Gasteiger partial charge in [-0.25, -0.2) is 0 Å². The number of hydrogen-bond acceptors (Lipinski definition) is 2. The molecule has 0 aliphatic carbocycles. The minimum absolute atomic E-state index is 0.696. The molecule has 0 heterocycles. The molecule has 1 aromatic rings. The van der Waals surface area contributed by atoms with E-state index in [9.17, 15) is 0 Å². The van der Waals surface area contributed by atoms with Crippen LogP contribution in [0.3, 0.4) is 0 Å². The molecule has 0 aliphatic heterocycles. The molecule has 0 aliphatic rings. The van der Waals surface area contributed by atoms with Gasteiger partial charge in [0.2, 0.25) is 0 Å². The van der Waals surface area contributed by atoms with Crippen LogP contribution in [0.4, 0.5) is 0 Å². The van der Waals surface area contributed by atoms with Crippen LogP contribution < -0.4 is 0 Å². The fourth-order valence-electron chi connectivity index (χ4n) is 1.88. The Morgan fingerprint density at radius 3 is 2.12 bits per heavy atom. The zero-order valence-corrected chi connectivity index (χ0v) is 12.2. The zero-order valence-electron chi connectivity index (χ0n) is 11.2. The summed E-state index contributed by atoms with van der Waals surface area (Å²) in [4.78, 5) is 0. The topological polar surface area (TPSA) is 18.5 Å². The smallest absolute Gasteiger partial charge is 0.362 e. The first-order valence-corrected chi connectivity index (χ1v) is 8.53. The Kier molecular flexibility index (Phi) is 5.61. The Labute approximate surface area is 106 Å². The monoisotopic (exact) mass is 250 g/mol. The lowest BCUT2D eigenvalue weighted by atomic mass is 10.1. The highest BCUT2D eigenvalue weighted by Crippen LogP contribution is 2.19. The van der Waals surface area contributed by atoms with Crippen molar-refractivity contribution in [3.63, 3.8) is 0 Å². The largest absolute Gasteiger partial charge is 0.392 e. The molecule has 17 heavy (non-hydrogen) atoms. The third-order valence-corrected chi connectivity index (χ3v) is 5.25. The fourth-order valence-corrected chi connectivity index (χ4v) is 4.23. The summed E-state index contributed by atoms with van der Waals surface area (Å²) in [6, 6.07) is 10.3. The SMILES string of the molecule is CCO[Si](C)(C=C(C)c1ccccc1)OCC. The highest BCUT2D eigenvalue weighted by atomic mass is 28.4. The Balaban J connectivity index is 2.90. The molecular weight excluding hydrogens is 228 g/mol. The Bertz CT molecular complexity index is 354. The van der Waals surface area contributed by atoms with Crippen molar-refractivity contribution in [2.45, 2.75) is 27.3 Å². The maximum Gasteiger partial charge on any atom is 0.362 e. The average Bonchev–Trinajstić information content (AvgIpc) is 2.30. The van der Waals surface area contributed by atoms with Crippen LogP contribution in [0, 0.1) is 0 Å². The maximum atomic E-state index is 5.80. The van der Waals surface area contributed by atoms with Gasteiger partial charge >= 0.3 is 8.56 Å². The first kappa shape index (κ1) is 14.2. The van der Waals surface area contributed by atoms with Gasteiger partial charge in [-0.15, -0.1) is 0 Å². The van der Waals surface area contributed by atoms with E-state index in [0.29, 0.717) is 13.2 Å². The van der Waals surface area contributed by atoms with Crippen molar-refractivity contribution in [2.24, 2.45) is 0 Å². The van der Waals surface area contributed by atoms with E-state index in [4.69, 9.17) is 8.85 Å². The Morgan fingerprint density at radius 1 is 1.12 bits per heavy atom. The molecule has 1 rings (SSSR count). The van der Waals surface area contributed by atoms with Gasteiger partial charge in [0, 0.05) is 13.2 Å². The zero-order chi connectivity index (χ0) is 12.7. The first-order chi connectivity index (χ1) is 8.11. The quantitative estimate of drug-likeness (QED) is 0.715. The summed E-state index contributed by atoms with van der Waals surface area (Å²) < 4.78 is 11.6. The van der Waals surface area contributed by atoms with Gasteiger partial charge in [-0.3, -0.25) is 0 Å². The number of hydrogen-bond donors (Lipinski definition) is 0. The molecule has 3 heteroatoms. The van der Waals surface area contributed by atoms with Crippen LogP contribution in [-0.2, 0) is 8.85 Å². The highest BCUT2D eigenvalue weighted by molar-refractivity contribution is 6.72. The molecule has 0 saturated heterocycles. The van der Waals surface area contributed by atoms with Crippen molar-refractivity contribution in [2.75, 3.05) is 13.2 Å². The van der Waals surface area contributed by atoms with E-state index in [-0.39, 0.29) is 0 Å². The van der Waals surface area contributed by atoms with Crippen LogP contribution >= 0.6 is 0 Å². The van der Waals surface area contributed by atoms with Crippen molar-refractivity contribution < 1.29 is 8.85 Å². The van der Waals surface area contributed by atoms with Gasteiger partial charge in [0.05, 0.1) is 0 Å². The molecule has 0 radical (unpaired) electrons. The van der Waals surface area contributed by atoms with Gasteiger partial charge in [-0.1, -0.05) is 30.3 Å². The van der Waals surface area contributed by atoms with E-state index in [0.717, 1.165) is 0 Å². The summed E-state index contributed by atoms with van der Waals surface area (Å²) in [6.07, 6.45) is 0. The molecule has 0 bridgehead atoms. The minimum Gasteiger partial charge on any atom is -0.392 e. The molecule has 0 atom stereocenters. The lowest BCUT2D eigenvalue weighted by molar-refractivity contribution is 0.201. The van der Waals surface area contributed by atoms with Crippen molar-refractivity contribution in [1.82, 2.24) is 0 Å². The lowest BCUT2D eigenvalue weighted by Crippen LogP contribution is -2.37. The van der Waals surface area contributed by atoms with Gasteiger partial charge < -0.3 is 8.85 Å². The number of allylic oxidation sites excluding steroid dienone is 1. The average molecular weight is 250 g/mol. The predicted molar refractivity (Wildman–Crippen MR) is 75.0 cm³/mol. The molecule has 0 spiro atoms. The van der Waals surface area contributed by atoms with Crippen LogP contribution in [0.2, 0.25) is 6.55 Å². The summed E-state index contributed by atoms with van der Waals surface area (Å²) >= 11 is 0. The van der Waals surface area contributed by atoms with Crippen molar-refractivity contribution in [3.8, 4) is 0 Å². The van der Waals surface area contributed by atoms with E-state index < -0.39 is 8.56 Å². The van der Waals surface area contributed by atoms with Crippen LogP contribution in [0.25, 0.3) is 5.57 Å². The van der Waals surface area contributed by atoms with Gasteiger partial charge in [0.1, 0.15) is 0 Å². The van der Waals surface area contributed by atoms with Crippen molar-refractivity contribution in [3.05, 3.63) is 41.6 Å². The summed E-state index contributed by atoms with van der Waals surface area (Å²) in [5.74, 6) is 0. The van der Waals surface area contributed by atoms with E-state index >= 15 is 0 Å². The molecule has 0 N–H and O–H groups in total. The second-order valence-corrected chi connectivity index (χ2v) is 6.97. The molecule has 0 fully saturated rings.